The van der Waals surface area contributed by atoms with Crippen LogP contribution in [0.15, 0.2) is 48.5 Å². The summed E-state index contributed by atoms with van der Waals surface area (Å²) in [4.78, 5) is 22.7. The Bertz CT molecular complexity index is 571. The smallest absolute Gasteiger partial charge is 0.159 e. The van der Waals surface area contributed by atoms with E-state index in [9.17, 15) is 9.59 Å². The maximum Gasteiger partial charge on any atom is 0.159 e. The molecule has 2 nitrogen and oxygen atoms in total. The molecule has 0 aliphatic heterocycles. The van der Waals surface area contributed by atoms with Crippen LogP contribution in [0.5, 0.6) is 0 Å². The molecule has 0 spiro atoms. The summed E-state index contributed by atoms with van der Waals surface area (Å²) >= 11 is 0. The van der Waals surface area contributed by atoms with Crippen molar-refractivity contribution in [2.24, 2.45) is 0 Å². The number of rotatable bonds is 4. The van der Waals surface area contributed by atoms with E-state index >= 15 is 0 Å². The first kappa shape index (κ1) is 13.2. The number of Topliss-reactive ketones (excluding diaryl/α,β-unsaturated/α-hetero) is 2. The van der Waals surface area contributed by atoms with Crippen molar-refractivity contribution in [2.75, 3.05) is 0 Å². The van der Waals surface area contributed by atoms with E-state index in [1.165, 1.54) is 0 Å². The fourth-order valence-electron chi connectivity index (χ4n) is 2.04. The quantitative estimate of drug-likeness (QED) is 0.778. The van der Waals surface area contributed by atoms with Crippen LogP contribution in [-0.2, 0) is 6.42 Å². The molecule has 0 saturated carbocycles. The third-order valence-corrected chi connectivity index (χ3v) is 3.08. The molecular weight excluding hydrogens is 236 g/mol. The van der Waals surface area contributed by atoms with Crippen molar-refractivity contribution >= 4 is 11.6 Å². The van der Waals surface area contributed by atoms with Crippen LogP contribution in [0.2, 0.25) is 0 Å². The number of hydrogen-bond acceptors (Lipinski definition) is 2. The fourth-order valence-corrected chi connectivity index (χ4v) is 2.04. The molecule has 0 saturated heterocycles. The van der Waals surface area contributed by atoms with Crippen molar-refractivity contribution < 1.29 is 9.59 Å². The number of carbonyl (C=O) groups excluding carboxylic acids is 2. The molecule has 0 heterocycles. The standard InChI is InChI=1S/C17H16O2/c1-12(18)16-7-3-5-14(10-16)9-15-6-4-8-17(11-15)13(2)19/h3-8,10-11H,9H2,1-2H3. The van der Waals surface area contributed by atoms with Gasteiger partial charge < -0.3 is 0 Å². The van der Waals surface area contributed by atoms with E-state index in [0.29, 0.717) is 0 Å². The zero-order valence-electron chi connectivity index (χ0n) is 11.1. The lowest BCUT2D eigenvalue weighted by Crippen LogP contribution is -1.97. The maximum absolute atomic E-state index is 11.3. The summed E-state index contributed by atoms with van der Waals surface area (Å²) in [6, 6.07) is 15.2. The Hall–Kier alpha value is -2.22. The maximum atomic E-state index is 11.3. The Morgan fingerprint density at radius 2 is 1.21 bits per heavy atom. The molecular formula is C17H16O2. The summed E-state index contributed by atoms with van der Waals surface area (Å²) in [7, 11) is 0. The minimum Gasteiger partial charge on any atom is -0.295 e. The van der Waals surface area contributed by atoms with Gasteiger partial charge in [0.1, 0.15) is 0 Å². The van der Waals surface area contributed by atoms with Gasteiger partial charge in [0.2, 0.25) is 0 Å². The second-order valence-corrected chi connectivity index (χ2v) is 4.69. The van der Waals surface area contributed by atoms with Crippen LogP contribution in [0.3, 0.4) is 0 Å². The summed E-state index contributed by atoms with van der Waals surface area (Å²) in [6.07, 6.45) is 0.724. The molecule has 2 heteroatoms. The number of benzene rings is 2. The third-order valence-electron chi connectivity index (χ3n) is 3.08. The number of carbonyl (C=O) groups is 2. The molecule has 0 amide bonds. The van der Waals surface area contributed by atoms with Crippen LogP contribution in [-0.4, -0.2) is 11.6 Å². The van der Waals surface area contributed by atoms with Crippen LogP contribution in [0, 0.1) is 0 Å². The minimum absolute atomic E-state index is 0.0688. The van der Waals surface area contributed by atoms with Gasteiger partial charge in [-0.25, -0.2) is 0 Å². The largest absolute Gasteiger partial charge is 0.295 e. The Labute approximate surface area is 113 Å². The van der Waals surface area contributed by atoms with Crippen LogP contribution < -0.4 is 0 Å². The molecule has 96 valence electrons. The number of hydrogen-bond donors (Lipinski definition) is 0. The van der Waals surface area contributed by atoms with Crippen molar-refractivity contribution in [1.29, 1.82) is 0 Å². The lowest BCUT2D eigenvalue weighted by molar-refractivity contribution is 0.100. The molecule has 0 bridgehead atoms. The normalized spacial score (nSPS) is 10.2. The first-order chi connectivity index (χ1) is 9.06. The zero-order valence-corrected chi connectivity index (χ0v) is 11.1. The highest BCUT2D eigenvalue weighted by Crippen LogP contribution is 2.14. The summed E-state index contributed by atoms with van der Waals surface area (Å²) < 4.78 is 0. The Balaban J connectivity index is 2.26. The van der Waals surface area contributed by atoms with Crippen molar-refractivity contribution in [3.63, 3.8) is 0 Å². The predicted molar refractivity (Wildman–Crippen MR) is 75.7 cm³/mol. The van der Waals surface area contributed by atoms with Gasteiger partial charge in [0, 0.05) is 11.1 Å². The molecule has 2 aromatic rings. The van der Waals surface area contributed by atoms with Gasteiger partial charge in [0.25, 0.3) is 0 Å². The molecule has 2 rings (SSSR count). The van der Waals surface area contributed by atoms with Crippen LogP contribution in [0.25, 0.3) is 0 Å². The van der Waals surface area contributed by atoms with Gasteiger partial charge in [-0.05, 0) is 43.5 Å². The SMILES string of the molecule is CC(=O)c1cccc(Cc2cccc(C(C)=O)c2)c1. The molecule has 19 heavy (non-hydrogen) atoms. The van der Waals surface area contributed by atoms with Gasteiger partial charge in [-0.1, -0.05) is 36.4 Å². The Morgan fingerprint density at radius 1 is 0.789 bits per heavy atom. The number of ketones is 2. The van der Waals surface area contributed by atoms with E-state index < -0.39 is 0 Å². The molecule has 0 aliphatic rings. The van der Waals surface area contributed by atoms with Crippen molar-refractivity contribution in [3.05, 3.63) is 70.8 Å². The van der Waals surface area contributed by atoms with E-state index in [1.54, 1.807) is 13.8 Å². The van der Waals surface area contributed by atoms with Crippen molar-refractivity contribution in [1.82, 2.24) is 0 Å². The molecule has 0 radical (unpaired) electrons. The lowest BCUT2D eigenvalue weighted by Gasteiger charge is -2.05. The van der Waals surface area contributed by atoms with Crippen LogP contribution >= 0.6 is 0 Å². The summed E-state index contributed by atoms with van der Waals surface area (Å²) in [5, 5.41) is 0. The van der Waals surface area contributed by atoms with E-state index in [0.717, 1.165) is 28.7 Å². The predicted octanol–water partition coefficient (Wildman–Crippen LogP) is 3.68. The van der Waals surface area contributed by atoms with Gasteiger partial charge in [-0.2, -0.15) is 0 Å². The highest BCUT2D eigenvalue weighted by molar-refractivity contribution is 5.94. The molecule has 0 fully saturated rings. The topological polar surface area (TPSA) is 34.1 Å². The highest BCUT2D eigenvalue weighted by Gasteiger charge is 2.04. The van der Waals surface area contributed by atoms with E-state index in [1.807, 2.05) is 48.5 Å². The average molecular weight is 252 g/mol. The molecule has 0 aliphatic carbocycles. The van der Waals surface area contributed by atoms with Gasteiger partial charge in [0.15, 0.2) is 11.6 Å². The highest BCUT2D eigenvalue weighted by atomic mass is 16.1. The lowest BCUT2D eigenvalue weighted by atomic mass is 9.99. The monoisotopic (exact) mass is 252 g/mol. The summed E-state index contributed by atoms with van der Waals surface area (Å²) in [5.74, 6) is 0.138. The van der Waals surface area contributed by atoms with Crippen molar-refractivity contribution in [2.45, 2.75) is 20.3 Å². The Kier molecular flexibility index (Phi) is 3.91. The molecule has 0 aromatic heterocycles. The van der Waals surface area contributed by atoms with Gasteiger partial charge in [-0.3, -0.25) is 9.59 Å². The first-order valence-electron chi connectivity index (χ1n) is 6.26. The molecule has 0 N–H and O–H groups in total. The summed E-state index contributed by atoms with van der Waals surface area (Å²) in [5.41, 5.74) is 3.60. The van der Waals surface area contributed by atoms with Gasteiger partial charge in [0.05, 0.1) is 0 Å². The molecule has 0 unspecified atom stereocenters. The third kappa shape index (κ3) is 3.38. The van der Waals surface area contributed by atoms with E-state index in [-0.39, 0.29) is 11.6 Å². The van der Waals surface area contributed by atoms with Crippen LogP contribution in [0.1, 0.15) is 45.7 Å². The molecule has 2 aromatic carbocycles. The Morgan fingerprint density at radius 3 is 1.58 bits per heavy atom. The second-order valence-electron chi connectivity index (χ2n) is 4.69. The average Bonchev–Trinajstić information content (AvgIpc) is 2.39. The van der Waals surface area contributed by atoms with E-state index in [4.69, 9.17) is 0 Å². The van der Waals surface area contributed by atoms with Gasteiger partial charge >= 0.3 is 0 Å². The zero-order chi connectivity index (χ0) is 13.8. The minimum atomic E-state index is 0.0688. The summed E-state index contributed by atoms with van der Waals surface area (Å²) in [6.45, 7) is 3.13. The second kappa shape index (κ2) is 5.61. The first-order valence-corrected chi connectivity index (χ1v) is 6.26. The molecule has 0 atom stereocenters. The van der Waals surface area contributed by atoms with E-state index in [2.05, 4.69) is 0 Å². The van der Waals surface area contributed by atoms with Gasteiger partial charge in [-0.15, -0.1) is 0 Å². The van der Waals surface area contributed by atoms with Crippen LogP contribution in [0.4, 0.5) is 0 Å². The fraction of sp³-hybridized carbons (Fsp3) is 0.176. The van der Waals surface area contributed by atoms with Crippen molar-refractivity contribution in [3.8, 4) is 0 Å².